The van der Waals surface area contributed by atoms with Crippen molar-refractivity contribution in [2.45, 2.75) is 23.7 Å². The Morgan fingerprint density at radius 1 is 1.03 bits per heavy atom. The van der Waals surface area contributed by atoms with E-state index in [4.69, 9.17) is 0 Å². The van der Waals surface area contributed by atoms with Crippen LogP contribution in [0.3, 0.4) is 0 Å². The van der Waals surface area contributed by atoms with Gasteiger partial charge in [-0.15, -0.1) is 11.8 Å². The Hall–Kier alpha value is -3.00. The zero-order valence-corrected chi connectivity index (χ0v) is 16.2. The molecule has 0 saturated carbocycles. The number of thioether (sulfide) groups is 1. The Bertz CT molecular complexity index is 1150. The molecule has 0 aliphatic rings. The van der Waals surface area contributed by atoms with E-state index in [1.807, 2.05) is 43.3 Å². The lowest BCUT2D eigenvalue weighted by molar-refractivity contribution is -0.141. The fourth-order valence-electron chi connectivity index (χ4n) is 2.90. The molecule has 0 saturated heterocycles. The standard InChI is InChI=1S/C21H17F3N4S/c1-13-3-2-4-14(9-13)26-15-5-6-17-18(10-15)28-20(27-17)12-29-16-7-8-25-19(11-16)21(22,23)24/h2-11,26H,12H2,1H3,(H,27,28). The molecule has 0 fully saturated rings. The number of nitrogens with one attached hydrogen (secondary N) is 2. The lowest BCUT2D eigenvalue weighted by Gasteiger charge is -2.06. The zero-order valence-electron chi connectivity index (χ0n) is 15.4. The number of hydrogen-bond acceptors (Lipinski definition) is 4. The van der Waals surface area contributed by atoms with Crippen molar-refractivity contribution < 1.29 is 13.2 Å². The van der Waals surface area contributed by atoms with E-state index in [1.54, 1.807) is 6.07 Å². The van der Waals surface area contributed by atoms with E-state index < -0.39 is 11.9 Å². The Kier molecular flexibility index (Phi) is 5.19. The molecule has 148 valence electrons. The molecule has 0 aliphatic heterocycles. The van der Waals surface area contributed by atoms with E-state index in [-0.39, 0.29) is 0 Å². The van der Waals surface area contributed by atoms with E-state index in [0.29, 0.717) is 16.5 Å². The van der Waals surface area contributed by atoms with E-state index >= 15 is 0 Å². The minimum atomic E-state index is -4.45. The number of nitrogens with zero attached hydrogens (tertiary/aromatic N) is 2. The van der Waals surface area contributed by atoms with Crippen LogP contribution in [0.4, 0.5) is 24.5 Å². The average Bonchev–Trinajstić information content (AvgIpc) is 3.08. The number of aryl methyl sites for hydroxylation is 1. The summed E-state index contributed by atoms with van der Waals surface area (Å²) in [7, 11) is 0. The van der Waals surface area contributed by atoms with Gasteiger partial charge in [-0.1, -0.05) is 12.1 Å². The van der Waals surface area contributed by atoms with Crippen LogP contribution >= 0.6 is 11.8 Å². The first-order valence-corrected chi connectivity index (χ1v) is 9.84. The summed E-state index contributed by atoms with van der Waals surface area (Å²) in [6, 6.07) is 16.5. The first-order chi connectivity index (χ1) is 13.9. The summed E-state index contributed by atoms with van der Waals surface area (Å²) in [6.45, 7) is 2.03. The second-order valence-electron chi connectivity index (χ2n) is 6.57. The van der Waals surface area contributed by atoms with Crippen LogP contribution < -0.4 is 5.32 Å². The van der Waals surface area contributed by atoms with Crippen molar-refractivity contribution in [2.75, 3.05) is 5.32 Å². The molecule has 2 N–H and O–H groups in total. The topological polar surface area (TPSA) is 53.6 Å². The van der Waals surface area contributed by atoms with Crippen LogP contribution in [-0.4, -0.2) is 15.0 Å². The second kappa shape index (κ2) is 7.79. The summed E-state index contributed by atoms with van der Waals surface area (Å²) in [5.74, 6) is 1.12. The molecule has 2 aromatic heterocycles. The third kappa shape index (κ3) is 4.71. The number of pyridine rings is 1. The predicted molar refractivity (Wildman–Crippen MR) is 109 cm³/mol. The van der Waals surface area contributed by atoms with Gasteiger partial charge < -0.3 is 10.3 Å². The normalized spacial score (nSPS) is 11.7. The Morgan fingerprint density at radius 3 is 2.66 bits per heavy atom. The Balaban J connectivity index is 1.48. The molecule has 4 rings (SSSR count). The summed E-state index contributed by atoms with van der Waals surface area (Å²) < 4.78 is 38.4. The number of aromatic nitrogens is 3. The highest BCUT2D eigenvalue weighted by Gasteiger charge is 2.32. The zero-order chi connectivity index (χ0) is 20.4. The summed E-state index contributed by atoms with van der Waals surface area (Å²) >= 11 is 1.28. The lowest BCUT2D eigenvalue weighted by atomic mass is 10.2. The van der Waals surface area contributed by atoms with Gasteiger partial charge in [-0.3, -0.25) is 4.98 Å². The van der Waals surface area contributed by atoms with Gasteiger partial charge >= 0.3 is 6.18 Å². The van der Waals surface area contributed by atoms with Crippen molar-refractivity contribution in [3.05, 3.63) is 77.9 Å². The summed E-state index contributed by atoms with van der Waals surface area (Å²) in [5, 5.41) is 3.35. The number of hydrogen-bond donors (Lipinski definition) is 2. The first kappa shape index (κ1) is 19.3. The summed E-state index contributed by atoms with van der Waals surface area (Å²) in [6.07, 6.45) is -3.27. The maximum atomic E-state index is 12.8. The number of rotatable bonds is 5. The number of H-pyrrole nitrogens is 1. The van der Waals surface area contributed by atoms with Gasteiger partial charge in [0.15, 0.2) is 0 Å². The molecule has 0 amide bonds. The molecular formula is C21H17F3N4S. The van der Waals surface area contributed by atoms with Crippen LogP contribution in [-0.2, 0) is 11.9 Å². The van der Waals surface area contributed by atoms with Crippen LogP contribution in [0.2, 0.25) is 0 Å². The fourth-order valence-corrected chi connectivity index (χ4v) is 3.69. The van der Waals surface area contributed by atoms with Crippen LogP contribution in [0.15, 0.2) is 65.7 Å². The largest absolute Gasteiger partial charge is 0.433 e. The van der Waals surface area contributed by atoms with Crippen molar-refractivity contribution in [1.29, 1.82) is 0 Å². The van der Waals surface area contributed by atoms with Gasteiger partial charge in [0, 0.05) is 22.5 Å². The molecule has 8 heteroatoms. The predicted octanol–water partition coefficient (Wildman–Crippen LogP) is 6.32. The van der Waals surface area contributed by atoms with Crippen LogP contribution in [0.25, 0.3) is 11.0 Å². The highest BCUT2D eigenvalue weighted by Crippen LogP contribution is 2.31. The van der Waals surface area contributed by atoms with Gasteiger partial charge in [0.1, 0.15) is 11.5 Å². The van der Waals surface area contributed by atoms with E-state index in [2.05, 4.69) is 26.3 Å². The average molecular weight is 414 g/mol. The number of alkyl halides is 3. The molecule has 0 bridgehead atoms. The van der Waals surface area contributed by atoms with Gasteiger partial charge in [0.05, 0.1) is 16.8 Å². The number of imidazole rings is 1. The molecule has 0 atom stereocenters. The van der Waals surface area contributed by atoms with Crippen molar-refractivity contribution in [2.24, 2.45) is 0 Å². The smallest absolute Gasteiger partial charge is 0.355 e. The van der Waals surface area contributed by atoms with E-state index in [1.165, 1.54) is 23.5 Å². The molecule has 4 nitrogen and oxygen atoms in total. The summed E-state index contributed by atoms with van der Waals surface area (Å²) in [4.78, 5) is 11.7. The molecule has 0 aliphatic carbocycles. The van der Waals surface area contributed by atoms with Crippen LogP contribution in [0, 0.1) is 6.92 Å². The van der Waals surface area contributed by atoms with Gasteiger partial charge in [-0.2, -0.15) is 13.2 Å². The minimum absolute atomic E-state index is 0.427. The maximum Gasteiger partial charge on any atom is 0.433 e. The third-order valence-electron chi connectivity index (χ3n) is 4.24. The molecule has 2 aromatic carbocycles. The van der Waals surface area contributed by atoms with Crippen LogP contribution in [0.1, 0.15) is 17.1 Å². The summed E-state index contributed by atoms with van der Waals surface area (Å²) in [5.41, 5.74) is 3.86. The van der Waals surface area contributed by atoms with Gasteiger partial charge in [0.25, 0.3) is 0 Å². The van der Waals surface area contributed by atoms with E-state index in [9.17, 15) is 13.2 Å². The van der Waals surface area contributed by atoms with Gasteiger partial charge in [0.2, 0.25) is 0 Å². The van der Waals surface area contributed by atoms with Crippen LogP contribution in [0.5, 0.6) is 0 Å². The second-order valence-corrected chi connectivity index (χ2v) is 7.62. The molecule has 0 unspecified atom stereocenters. The number of halogens is 3. The lowest BCUT2D eigenvalue weighted by Crippen LogP contribution is -2.07. The van der Waals surface area contributed by atoms with Crippen molar-refractivity contribution in [3.8, 4) is 0 Å². The monoisotopic (exact) mass is 414 g/mol. The fraction of sp³-hybridized carbons (Fsp3) is 0.143. The molecule has 4 aromatic rings. The van der Waals surface area contributed by atoms with Crippen molar-refractivity contribution in [3.63, 3.8) is 0 Å². The molecular weight excluding hydrogens is 397 g/mol. The van der Waals surface area contributed by atoms with Crippen molar-refractivity contribution >= 4 is 34.2 Å². The van der Waals surface area contributed by atoms with E-state index in [0.717, 1.165) is 28.5 Å². The minimum Gasteiger partial charge on any atom is -0.355 e. The molecule has 29 heavy (non-hydrogen) atoms. The highest BCUT2D eigenvalue weighted by atomic mass is 32.2. The number of anilines is 2. The number of fused-ring (bicyclic) bond motifs is 1. The highest BCUT2D eigenvalue weighted by molar-refractivity contribution is 7.98. The Labute approximate surface area is 169 Å². The number of benzene rings is 2. The molecule has 0 radical (unpaired) electrons. The SMILES string of the molecule is Cc1cccc(Nc2ccc3[nH]c(CSc4ccnc(C(F)(F)F)c4)nc3c2)c1. The maximum absolute atomic E-state index is 12.8. The quantitative estimate of drug-likeness (QED) is 0.375. The number of aromatic amines is 1. The van der Waals surface area contributed by atoms with Gasteiger partial charge in [-0.25, -0.2) is 4.98 Å². The first-order valence-electron chi connectivity index (χ1n) is 8.85. The Morgan fingerprint density at radius 2 is 1.86 bits per heavy atom. The molecule has 0 spiro atoms. The molecule has 2 heterocycles. The van der Waals surface area contributed by atoms with Gasteiger partial charge in [-0.05, 0) is 55.0 Å². The third-order valence-corrected chi connectivity index (χ3v) is 5.24. The van der Waals surface area contributed by atoms with Crippen molar-refractivity contribution in [1.82, 2.24) is 15.0 Å².